The predicted molar refractivity (Wildman–Crippen MR) is 47.6 cm³/mol. The molecule has 0 bridgehead atoms. The van der Waals surface area contributed by atoms with Gasteiger partial charge in [-0.3, -0.25) is 0 Å². The summed E-state index contributed by atoms with van der Waals surface area (Å²) in [6.45, 7) is 0. The number of aromatic nitrogens is 1. The molecule has 0 aromatic carbocycles. The number of aromatic carboxylic acids is 1. The van der Waals surface area contributed by atoms with Gasteiger partial charge in [0, 0.05) is 6.20 Å². The average Bonchev–Trinajstić information content (AvgIpc) is 2.02. The molecule has 76 valence electrons. The Labute approximate surface area is 84.4 Å². The molecule has 0 aliphatic carbocycles. The SMILES string of the molecule is NS(=O)(=O)c1cnc(Cl)c(C(=O)O)c1. The molecule has 0 aliphatic rings. The predicted octanol–water partition coefficient (Wildman–Crippen LogP) is 0.0806. The normalized spacial score (nSPS) is 11.3. The highest BCUT2D eigenvalue weighted by Gasteiger charge is 2.15. The number of hydrogen-bond acceptors (Lipinski definition) is 4. The summed E-state index contributed by atoms with van der Waals surface area (Å²) in [6.07, 6.45) is 0.893. The van der Waals surface area contributed by atoms with E-state index in [4.69, 9.17) is 21.8 Å². The molecule has 0 spiro atoms. The van der Waals surface area contributed by atoms with Gasteiger partial charge < -0.3 is 5.11 Å². The van der Waals surface area contributed by atoms with Crippen LogP contribution in [0.25, 0.3) is 0 Å². The quantitative estimate of drug-likeness (QED) is 0.707. The van der Waals surface area contributed by atoms with Crippen LogP contribution >= 0.6 is 11.6 Å². The van der Waals surface area contributed by atoms with Gasteiger partial charge in [0.2, 0.25) is 10.0 Å². The van der Waals surface area contributed by atoms with Crippen molar-refractivity contribution in [1.29, 1.82) is 0 Å². The highest BCUT2D eigenvalue weighted by atomic mass is 35.5. The van der Waals surface area contributed by atoms with E-state index in [2.05, 4.69) is 4.98 Å². The molecule has 1 heterocycles. The van der Waals surface area contributed by atoms with E-state index in [0.717, 1.165) is 12.3 Å². The second kappa shape index (κ2) is 3.52. The average molecular weight is 237 g/mol. The van der Waals surface area contributed by atoms with Crippen LogP contribution in [0.3, 0.4) is 0 Å². The lowest BCUT2D eigenvalue weighted by molar-refractivity contribution is 0.0696. The molecule has 0 unspecified atom stereocenters. The lowest BCUT2D eigenvalue weighted by atomic mass is 10.3. The van der Waals surface area contributed by atoms with Gasteiger partial charge in [-0.2, -0.15) is 0 Å². The fraction of sp³-hybridized carbons (Fsp3) is 0. The van der Waals surface area contributed by atoms with E-state index in [-0.39, 0.29) is 10.0 Å². The molecular weight excluding hydrogens is 232 g/mol. The Morgan fingerprint density at radius 2 is 2.14 bits per heavy atom. The van der Waals surface area contributed by atoms with Crippen molar-refractivity contribution in [2.75, 3.05) is 0 Å². The zero-order valence-electron chi connectivity index (χ0n) is 6.64. The third-order valence-corrected chi connectivity index (χ3v) is 2.55. The molecule has 8 heteroatoms. The van der Waals surface area contributed by atoms with E-state index in [1.807, 2.05) is 0 Å². The summed E-state index contributed by atoms with van der Waals surface area (Å²) in [4.78, 5) is 13.5. The van der Waals surface area contributed by atoms with E-state index in [1.165, 1.54) is 0 Å². The zero-order valence-corrected chi connectivity index (χ0v) is 8.21. The van der Waals surface area contributed by atoms with Crippen LogP contribution < -0.4 is 5.14 Å². The Hall–Kier alpha value is -1.18. The molecule has 1 rings (SSSR count). The van der Waals surface area contributed by atoms with Gasteiger partial charge in [-0.05, 0) is 6.07 Å². The molecule has 0 aliphatic heterocycles. The van der Waals surface area contributed by atoms with Gasteiger partial charge in [-0.25, -0.2) is 23.3 Å². The largest absolute Gasteiger partial charge is 0.478 e. The maximum atomic E-state index is 10.8. The second-order valence-electron chi connectivity index (χ2n) is 2.36. The lowest BCUT2D eigenvalue weighted by Gasteiger charge is -2.00. The van der Waals surface area contributed by atoms with E-state index in [9.17, 15) is 13.2 Å². The van der Waals surface area contributed by atoms with Crippen LogP contribution in [-0.2, 0) is 10.0 Å². The molecule has 0 fully saturated rings. The van der Waals surface area contributed by atoms with Crippen LogP contribution in [0, 0.1) is 0 Å². The Morgan fingerprint density at radius 3 is 2.57 bits per heavy atom. The summed E-state index contributed by atoms with van der Waals surface area (Å²) in [5.74, 6) is -1.37. The number of primary sulfonamides is 1. The third-order valence-electron chi connectivity index (χ3n) is 1.37. The maximum Gasteiger partial charge on any atom is 0.338 e. The van der Waals surface area contributed by atoms with E-state index in [0.29, 0.717) is 0 Å². The standard InChI is InChI=1S/C6H5ClN2O4S/c7-5-4(6(10)11)1-3(2-9-5)14(8,12)13/h1-2H,(H,10,11)(H2,8,12,13). The van der Waals surface area contributed by atoms with Crippen molar-refractivity contribution in [1.82, 2.24) is 4.98 Å². The monoisotopic (exact) mass is 236 g/mol. The number of carboxylic acid groups (broad SMARTS) is 1. The molecule has 6 nitrogen and oxygen atoms in total. The molecule has 1 aromatic rings. The first-order chi connectivity index (χ1) is 6.32. The minimum atomic E-state index is -3.96. The van der Waals surface area contributed by atoms with Crippen LogP contribution in [-0.4, -0.2) is 24.5 Å². The van der Waals surface area contributed by atoms with Gasteiger partial charge in [0.15, 0.2) is 0 Å². The number of hydrogen-bond donors (Lipinski definition) is 2. The molecule has 3 N–H and O–H groups in total. The molecule has 0 amide bonds. The van der Waals surface area contributed by atoms with Gasteiger partial charge in [-0.1, -0.05) is 11.6 Å². The van der Waals surface area contributed by atoms with Crippen LogP contribution in [0.2, 0.25) is 5.15 Å². The minimum Gasteiger partial charge on any atom is -0.478 e. The smallest absolute Gasteiger partial charge is 0.338 e. The van der Waals surface area contributed by atoms with Crippen LogP contribution in [0.4, 0.5) is 0 Å². The molecule has 0 atom stereocenters. The van der Waals surface area contributed by atoms with Crippen LogP contribution in [0.5, 0.6) is 0 Å². The number of rotatable bonds is 2. The van der Waals surface area contributed by atoms with Gasteiger partial charge in [0.1, 0.15) is 10.0 Å². The van der Waals surface area contributed by atoms with Crippen LogP contribution in [0.15, 0.2) is 17.2 Å². The number of halogens is 1. The second-order valence-corrected chi connectivity index (χ2v) is 4.28. The summed E-state index contributed by atoms with van der Waals surface area (Å²) in [6, 6.07) is 0.854. The molecule has 1 aromatic heterocycles. The molecule has 0 saturated heterocycles. The Balaban J connectivity index is 3.42. The summed E-state index contributed by atoms with van der Waals surface area (Å²) < 4.78 is 21.6. The molecule has 0 saturated carbocycles. The highest BCUT2D eigenvalue weighted by Crippen LogP contribution is 2.16. The molecule has 0 radical (unpaired) electrons. The number of carbonyl (C=O) groups is 1. The van der Waals surface area contributed by atoms with Crippen molar-refractivity contribution in [2.24, 2.45) is 5.14 Å². The van der Waals surface area contributed by atoms with Crippen molar-refractivity contribution in [3.05, 3.63) is 23.0 Å². The Bertz CT molecular complexity index is 485. The number of nitrogens with zero attached hydrogens (tertiary/aromatic N) is 1. The number of nitrogens with two attached hydrogens (primary N) is 1. The Kier molecular flexibility index (Phi) is 2.74. The van der Waals surface area contributed by atoms with Crippen molar-refractivity contribution in [2.45, 2.75) is 4.90 Å². The summed E-state index contributed by atoms with van der Waals surface area (Å²) in [5.41, 5.74) is -0.404. The first-order valence-electron chi connectivity index (χ1n) is 3.24. The topological polar surface area (TPSA) is 110 Å². The van der Waals surface area contributed by atoms with Crippen molar-refractivity contribution < 1.29 is 18.3 Å². The fourth-order valence-corrected chi connectivity index (χ4v) is 1.40. The number of carboxylic acids is 1. The van der Waals surface area contributed by atoms with Gasteiger partial charge >= 0.3 is 5.97 Å². The van der Waals surface area contributed by atoms with Gasteiger partial charge in [0.05, 0.1) is 5.56 Å². The highest BCUT2D eigenvalue weighted by molar-refractivity contribution is 7.89. The summed E-state index contributed by atoms with van der Waals surface area (Å²) >= 11 is 5.41. The third kappa shape index (κ3) is 2.19. The molecule has 14 heavy (non-hydrogen) atoms. The van der Waals surface area contributed by atoms with E-state index in [1.54, 1.807) is 0 Å². The minimum absolute atomic E-state index is 0.287. The Morgan fingerprint density at radius 1 is 1.57 bits per heavy atom. The fourth-order valence-electron chi connectivity index (χ4n) is 0.734. The maximum absolute atomic E-state index is 10.8. The summed E-state index contributed by atoms with van der Waals surface area (Å²) in [5, 5.41) is 13.1. The van der Waals surface area contributed by atoms with Crippen molar-refractivity contribution in [3.8, 4) is 0 Å². The zero-order chi connectivity index (χ0) is 10.9. The van der Waals surface area contributed by atoms with Crippen LogP contribution in [0.1, 0.15) is 10.4 Å². The number of pyridine rings is 1. The number of sulfonamides is 1. The van der Waals surface area contributed by atoms with E-state index < -0.39 is 21.6 Å². The van der Waals surface area contributed by atoms with E-state index >= 15 is 0 Å². The molecular formula is C6H5ClN2O4S. The first kappa shape index (κ1) is 10.9. The van der Waals surface area contributed by atoms with Crippen molar-refractivity contribution >= 4 is 27.6 Å². The van der Waals surface area contributed by atoms with Crippen molar-refractivity contribution in [3.63, 3.8) is 0 Å². The van der Waals surface area contributed by atoms with Gasteiger partial charge in [0.25, 0.3) is 0 Å². The first-order valence-corrected chi connectivity index (χ1v) is 5.16. The lowest BCUT2D eigenvalue weighted by Crippen LogP contribution is -2.13. The van der Waals surface area contributed by atoms with Gasteiger partial charge in [-0.15, -0.1) is 0 Å². The summed E-state index contributed by atoms with van der Waals surface area (Å²) in [7, 11) is -3.96.